The van der Waals surface area contributed by atoms with Crippen LogP contribution in [0.5, 0.6) is 0 Å². The third-order valence-corrected chi connectivity index (χ3v) is 6.78. The lowest BCUT2D eigenvalue weighted by molar-refractivity contribution is -0.160. The van der Waals surface area contributed by atoms with E-state index >= 15 is 0 Å². The molecule has 3 aliphatic rings. The Bertz CT molecular complexity index is 755. The van der Waals surface area contributed by atoms with Gasteiger partial charge in [-0.3, -0.25) is 14.5 Å². The van der Waals surface area contributed by atoms with Gasteiger partial charge in [0.15, 0.2) is 5.60 Å². The number of piperazine rings is 1. The first-order chi connectivity index (χ1) is 14.0. The molecule has 4 rings (SSSR count). The van der Waals surface area contributed by atoms with Crippen molar-refractivity contribution in [1.29, 1.82) is 0 Å². The topological polar surface area (TPSA) is 92.8 Å². The molecule has 0 spiro atoms. The lowest BCUT2D eigenvalue weighted by Gasteiger charge is -2.44. The zero-order valence-corrected chi connectivity index (χ0v) is 17.2. The number of likely N-dealkylation sites (tertiary alicyclic amines) is 1. The number of hydrogen-bond acceptors (Lipinski definition) is 6. The number of nitrogens with one attached hydrogen (secondary N) is 1. The molecule has 1 amide bonds. The molecule has 0 unspecified atom stereocenters. The van der Waals surface area contributed by atoms with Crippen molar-refractivity contribution in [3.63, 3.8) is 0 Å². The number of piperidine rings is 1. The second-order valence-electron chi connectivity index (χ2n) is 8.96. The average molecular weight is 404 g/mol. The van der Waals surface area contributed by atoms with Gasteiger partial charge in [-0.05, 0) is 31.6 Å². The first-order valence-electron chi connectivity index (χ1n) is 11.1. The Labute approximate surface area is 171 Å². The lowest BCUT2D eigenvalue weighted by Crippen LogP contribution is -2.61. The number of rotatable bonds is 5. The van der Waals surface area contributed by atoms with Crippen LogP contribution in [0.3, 0.4) is 0 Å². The Hall–Kier alpha value is -1.93. The largest absolute Gasteiger partial charge is 0.379 e. The third-order valence-electron chi connectivity index (χ3n) is 6.78. The van der Waals surface area contributed by atoms with Crippen LogP contribution < -0.4 is 10.5 Å². The molecule has 3 heterocycles. The molecule has 29 heavy (non-hydrogen) atoms. The summed E-state index contributed by atoms with van der Waals surface area (Å²) in [5.41, 5.74) is -0.648. The number of amides is 1. The molecule has 2 saturated heterocycles. The van der Waals surface area contributed by atoms with Crippen molar-refractivity contribution in [1.82, 2.24) is 20.0 Å². The van der Waals surface area contributed by atoms with Crippen molar-refractivity contribution in [3.8, 4) is 0 Å². The molecule has 1 aromatic rings. The summed E-state index contributed by atoms with van der Waals surface area (Å²) in [4.78, 5) is 30.8. The maximum atomic E-state index is 13.1. The number of aromatic amines is 1. The van der Waals surface area contributed by atoms with E-state index in [1.165, 1.54) is 32.1 Å². The standard InChI is InChI=1S/C21H33N5O3/c27-19-13-18(14-22-23-19)25-11-9-24(10-12-25)16-21(29)7-4-8-26(20(21)28)15-17-5-2-1-3-6-17/h13-14,17,29H,1-12,15-16H2,(H,23,27)/t21-/m1/s1. The summed E-state index contributed by atoms with van der Waals surface area (Å²) >= 11 is 0. The van der Waals surface area contributed by atoms with Crippen LogP contribution in [0.25, 0.3) is 0 Å². The van der Waals surface area contributed by atoms with Gasteiger partial charge in [0.1, 0.15) is 0 Å². The van der Waals surface area contributed by atoms with Crippen molar-refractivity contribution in [2.24, 2.45) is 5.92 Å². The molecule has 0 aromatic carbocycles. The van der Waals surface area contributed by atoms with Crippen LogP contribution in [0.15, 0.2) is 17.1 Å². The number of hydrogen-bond donors (Lipinski definition) is 2. The van der Waals surface area contributed by atoms with Gasteiger partial charge in [-0.15, -0.1) is 0 Å². The molecule has 3 fully saturated rings. The van der Waals surface area contributed by atoms with Gasteiger partial charge < -0.3 is 14.9 Å². The van der Waals surface area contributed by atoms with Gasteiger partial charge in [0, 0.05) is 51.9 Å². The van der Waals surface area contributed by atoms with E-state index in [0.29, 0.717) is 18.9 Å². The molecule has 8 heteroatoms. The Morgan fingerprint density at radius 1 is 1.07 bits per heavy atom. The quantitative estimate of drug-likeness (QED) is 0.756. The fourth-order valence-corrected chi connectivity index (χ4v) is 5.14. The second kappa shape index (κ2) is 8.83. The van der Waals surface area contributed by atoms with Crippen LogP contribution >= 0.6 is 0 Å². The minimum atomic E-state index is -1.26. The Morgan fingerprint density at radius 3 is 2.55 bits per heavy atom. The summed E-state index contributed by atoms with van der Waals surface area (Å²) in [6.07, 6.45) is 9.35. The Balaban J connectivity index is 1.32. The molecule has 1 atom stereocenters. The maximum Gasteiger partial charge on any atom is 0.266 e. The van der Waals surface area contributed by atoms with Gasteiger partial charge >= 0.3 is 0 Å². The minimum Gasteiger partial charge on any atom is -0.379 e. The van der Waals surface area contributed by atoms with E-state index in [-0.39, 0.29) is 11.5 Å². The second-order valence-corrected chi connectivity index (χ2v) is 8.96. The summed E-state index contributed by atoms with van der Waals surface area (Å²) in [5, 5.41) is 17.5. The van der Waals surface area contributed by atoms with Crippen molar-refractivity contribution in [2.75, 3.05) is 50.7 Å². The van der Waals surface area contributed by atoms with Crippen LogP contribution in [0.4, 0.5) is 5.69 Å². The number of carbonyl (C=O) groups is 1. The summed E-state index contributed by atoms with van der Waals surface area (Å²) < 4.78 is 0. The van der Waals surface area contributed by atoms with Crippen LogP contribution in [-0.4, -0.2) is 82.4 Å². The van der Waals surface area contributed by atoms with Gasteiger partial charge in [0.05, 0.1) is 11.9 Å². The molecule has 0 radical (unpaired) electrons. The predicted octanol–water partition coefficient (Wildman–Crippen LogP) is 0.826. The molecule has 2 aliphatic heterocycles. The van der Waals surface area contributed by atoms with Crippen LogP contribution in [0.1, 0.15) is 44.9 Å². The zero-order valence-electron chi connectivity index (χ0n) is 17.2. The molecular formula is C21H33N5O3. The van der Waals surface area contributed by atoms with E-state index in [4.69, 9.17) is 0 Å². The molecule has 0 bridgehead atoms. The van der Waals surface area contributed by atoms with Gasteiger partial charge in [0.2, 0.25) is 0 Å². The van der Waals surface area contributed by atoms with Gasteiger partial charge in [-0.2, -0.15) is 5.10 Å². The highest BCUT2D eigenvalue weighted by Crippen LogP contribution is 2.29. The normalized spacial score (nSPS) is 27.4. The highest BCUT2D eigenvalue weighted by molar-refractivity contribution is 5.86. The number of aliphatic hydroxyl groups is 1. The minimum absolute atomic E-state index is 0.0736. The van der Waals surface area contributed by atoms with E-state index in [9.17, 15) is 14.7 Å². The number of H-pyrrole nitrogens is 1. The lowest BCUT2D eigenvalue weighted by atomic mass is 9.86. The predicted molar refractivity (Wildman–Crippen MR) is 111 cm³/mol. The molecule has 2 N–H and O–H groups in total. The average Bonchev–Trinajstić information content (AvgIpc) is 2.73. The van der Waals surface area contributed by atoms with E-state index in [1.807, 2.05) is 4.90 Å². The smallest absolute Gasteiger partial charge is 0.266 e. The van der Waals surface area contributed by atoms with Crippen molar-refractivity contribution < 1.29 is 9.90 Å². The van der Waals surface area contributed by atoms with Crippen molar-refractivity contribution in [2.45, 2.75) is 50.5 Å². The van der Waals surface area contributed by atoms with Crippen LogP contribution in [0.2, 0.25) is 0 Å². The number of aromatic nitrogens is 2. The van der Waals surface area contributed by atoms with E-state index < -0.39 is 5.60 Å². The first-order valence-corrected chi connectivity index (χ1v) is 11.1. The number of β-amino-alcohol motifs (C(OH)–C–C–N with tert-alkyl or cyclic N) is 1. The van der Waals surface area contributed by atoms with Crippen LogP contribution in [-0.2, 0) is 4.79 Å². The third kappa shape index (κ3) is 4.80. The molecule has 160 valence electrons. The highest BCUT2D eigenvalue weighted by Gasteiger charge is 2.44. The fourth-order valence-electron chi connectivity index (χ4n) is 5.14. The molecule has 1 aliphatic carbocycles. The monoisotopic (exact) mass is 403 g/mol. The summed E-state index contributed by atoms with van der Waals surface area (Å²) in [7, 11) is 0. The summed E-state index contributed by atoms with van der Waals surface area (Å²) in [6, 6.07) is 1.56. The van der Waals surface area contributed by atoms with Gasteiger partial charge in [0.25, 0.3) is 11.5 Å². The fraction of sp³-hybridized carbons (Fsp3) is 0.762. The van der Waals surface area contributed by atoms with Crippen molar-refractivity contribution >= 4 is 11.6 Å². The molecule has 1 saturated carbocycles. The highest BCUT2D eigenvalue weighted by atomic mass is 16.3. The van der Waals surface area contributed by atoms with E-state index in [2.05, 4.69) is 20.0 Å². The number of nitrogens with zero attached hydrogens (tertiary/aromatic N) is 4. The molecule has 8 nitrogen and oxygen atoms in total. The van der Waals surface area contributed by atoms with Crippen molar-refractivity contribution in [3.05, 3.63) is 22.6 Å². The van der Waals surface area contributed by atoms with E-state index in [0.717, 1.165) is 51.4 Å². The molecule has 1 aromatic heterocycles. The summed E-state index contributed by atoms with van der Waals surface area (Å²) in [5.74, 6) is 0.525. The maximum absolute atomic E-state index is 13.1. The van der Waals surface area contributed by atoms with Gasteiger partial charge in [-0.1, -0.05) is 19.3 Å². The first kappa shape index (κ1) is 20.3. The Morgan fingerprint density at radius 2 is 1.83 bits per heavy atom. The number of anilines is 1. The SMILES string of the molecule is O=C1N(CC2CCCCC2)CCC[C@@]1(O)CN1CCN(c2cn[nH]c(=O)c2)CC1. The van der Waals surface area contributed by atoms with Gasteiger partial charge in [-0.25, -0.2) is 5.10 Å². The van der Waals surface area contributed by atoms with Crippen LogP contribution in [0, 0.1) is 5.92 Å². The molecular weight excluding hydrogens is 370 g/mol. The van der Waals surface area contributed by atoms with E-state index in [1.54, 1.807) is 12.3 Å². The zero-order chi connectivity index (χ0) is 20.3. The summed E-state index contributed by atoms with van der Waals surface area (Å²) in [6.45, 7) is 5.00. The number of carbonyl (C=O) groups excluding carboxylic acids is 1. The Kier molecular flexibility index (Phi) is 6.20.